The Morgan fingerprint density at radius 3 is 3.00 bits per heavy atom. The van der Waals surface area contributed by atoms with Gasteiger partial charge in [0.2, 0.25) is 0 Å². The largest absolute Gasteiger partial charge is 0.469 e. The molecule has 1 saturated heterocycles. The van der Waals surface area contributed by atoms with Gasteiger partial charge in [0.05, 0.1) is 19.1 Å². The van der Waals surface area contributed by atoms with Crippen molar-refractivity contribution in [3.63, 3.8) is 0 Å². The fourth-order valence-corrected chi connectivity index (χ4v) is 4.32. The Kier molecular flexibility index (Phi) is 4.48. The summed E-state index contributed by atoms with van der Waals surface area (Å²) in [5, 5.41) is 10.4. The van der Waals surface area contributed by atoms with Crippen molar-refractivity contribution in [3.8, 4) is 0 Å². The van der Waals surface area contributed by atoms with E-state index in [9.17, 15) is 9.90 Å². The lowest BCUT2D eigenvalue weighted by Gasteiger charge is -2.37. The SMILES string of the molecule is COC(=O)C1CC(O)C(N2CCCC(c3nc4ccccc4o3)C2)C1. The van der Waals surface area contributed by atoms with Gasteiger partial charge < -0.3 is 14.3 Å². The Bertz CT molecular complexity index is 726. The first-order valence-corrected chi connectivity index (χ1v) is 9.01. The van der Waals surface area contributed by atoms with E-state index < -0.39 is 6.10 Å². The fraction of sp³-hybridized carbons (Fsp3) is 0.579. The number of oxazole rings is 1. The lowest BCUT2D eigenvalue weighted by atomic mass is 9.95. The monoisotopic (exact) mass is 344 g/mol. The molecule has 1 aromatic carbocycles. The molecule has 134 valence electrons. The van der Waals surface area contributed by atoms with Crippen molar-refractivity contribution in [2.75, 3.05) is 20.2 Å². The molecule has 0 bridgehead atoms. The van der Waals surface area contributed by atoms with Crippen molar-refractivity contribution < 1.29 is 19.1 Å². The number of carbonyl (C=O) groups excluding carboxylic acids is 1. The molecule has 4 rings (SSSR count). The van der Waals surface area contributed by atoms with Gasteiger partial charge in [0.15, 0.2) is 11.5 Å². The van der Waals surface area contributed by atoms with Crippen LogP contribution >= 0.6 is 0 Å². The first-order valence-electron chi connectivity index (χ1n) is 9.01. The van der Waals surface area contributed by atoms with Gasteiger partial charge in [-0.2, -0.15) is 0 Å². The van der Waals surface area contributed by atoms with Crippen LogP contribution in [0, 0.1) is 5.92 Å². The molecule has 2 heterocycles. The lowest BCUT2D eigenvalue weighted by Crippen LogP contribution is -2.45. The summed E-state index contributed by atoms with van der Waals surface area (Å²) in [6.07, 6.45) is 2.74. The molecule has 0 amide bonds. The van der Waals surface area contributed by atoms with Gasteiger partial charge in [0, 0.05) is 18.5 Å². The van der Waals surface area contributed by atoms with E-state index >= 15 is 0 Å². The van der Waals surface area contributed by atoms with Crippen molar-refractivity contribution in [1.82, 2.24) is 9.88 Å². The zero-order chi connectivity index (χ0) is 17.4. The number of aliphatic hydroxyl groups excluding tert-OH is 1. The fourth-order valence-electron chi connectivity index (χ4n) is 4.32. The maximum atomic E-state index is 11.8. The predicted molar refractivity (Wildman–Crippen MR) is 92.1 cm³/mol. The molecule has 6 heteroatoms. The second kappa shape index (κ2) is 6.77. The summed E-state index contributed by atoms with van der Waals surface area (Å²) in [7, 11) is 1.41. The number of aliphatic hydroxyl groups is 1. The summed E-state index contributed by atoms with van der Waals surface area (Å²) in [5.41, 5.74) is 1.71. The van der Waals surface area contributed by atoms with Crippen molar-refractivity contribution >= 4 is 17.1 Å². The summed E-state index contributed by atoms with van der Waals surface area (Å²) < 4.78 is 10.8. The zero-order valence-electron chi connectivity index (χ0n) is 14.4. The lowest BCUT2D eigenvalue weighted by molar-refractivity contribution is -0.145. The highest BCUT2D eigenvalue weighted by Crippen LogP contribution is 2.35. The molecule has 0 radical (unpaired) electrons. The van der Waals surface area contributed by atoms with E-state index in [4.69, 9.17) is 9.15 Å². The van der Waals surface area contributed by atoms with E-state index in [2.05, 4.69) is 9.88 Å². The first-order chi connectivity index (χ1) is 12.2. The highest BCUT2D eigenvalue weighted by Gasteiger charge is 2.42. The maximum Gasteiger partial charge on any atom is 0.308 e. The van der Waals surface area contributed by atoms with Gasteiger partial charge in [-0.3, -0.25) is 9.69 Å². The average Bonchev–Trinajstić information content (AvgIpc) is 3.24. The standard InChI is InChI=1S/C19H24N2O4/c1-24-19(23)13-9-15(16(22)10-13)21-8-4-5-12(11-21)18-20-14-6-2-3-7-17(14)25-18/h2-3,6-7,12-13,15-16,22H,4-5,8-11H2,1H3. The molecule has 2 fully saturated rings. The number of fused-ring (bicyclic) bond motifs is 1. The van der Waals surface area contributed by atoms with Crippen LogP contribution < -0.4 is 0 Å². The quantitative estimate of drug-likeness (QED) is 0.861. The van der Waals surface area contributed by atoms with Crippen LogP contribution in [0.1, 0.15) is 37.5 Å². The molecule has 25 heavy (non-hydrogen) atoms. The van der Waals surface area contributed by atoms with Gasteiger partial charge in [0.25, 0.3) is 0 Å². The second-order valence-corrected chi connectivity index (χ2v) is 7.18. The van der Waals surface area contributed by atoms with E-state index in [0.29, 0.717) is 12.8 Å². The number of carbonyl (C=O) groups is 1. The molecule has 1 aromatic heterocycles. The molecular formula is C19H24N2O4. The van der Waals surface area contributed by atoms with Crippen LogP contribution in [0.3, 0.4) is 0 Å². The topological polar surface area (TPSA) is 75.8 Å². The first kappa shape index (κ1) is 16.5. The van der Waals surface area contributed by atoms with Crippen LogP contribution in [0.25, 0.3) is 11.1 Å². The summed E-state index contributed by atoms with van der Waals surface area (Å²) in [4.78, 5) is 18.7. The Balaban J connectivity index is 1.48. The van der Waals surface area contributed by atoms with E-state index in [1.807, 2.05) is 24.3 Å². The van der Waals surface area contributed by atoms with E-state index in [0.717, 1.165) is 42.9 Å². The minimum atomic E-state index is -0.480. The molecule has 4 unspecified atom stereocenters. The van der Waals surface area contributed by atoms with E-state index in [1.165, 1.54) is 7.11 Å². The Labute approximate surface area is 146 Å². The molecule has 1 aliphatic carbocycles. The smallest absolute Gasteiger partial charge is 0.308 e. The predicted octanol–water partition coefficient (Wildman–Crippen LogP) is 2.32. The third-order valence-electron chi connectivity index (χ3n) is 5.61. The molecule has 1 saturated carbocycles. The molecule has 2 aromatic rings. The summed E-state index contributed by atoms with van der Waals surface area (Å²) >= 11 is 0. The van der Waals surface area contributed by atoms with Gasteiger partial charge in [-0.25, -0.2) is 4.98 Å². The molecule has 0 spiro atoms. The number of methoxy groups -OCH3 is 1. The molecule has 6 nitrogen and oxygen atoms in total. The number of para-hydroxylation sites is 2. The number of nitrogens with zero attached hydrogens (tertiary/aromatic N) is 2. The highest BCUT2D eigenvalue weighted by atomic mass is 16.5. The summed E-state index contributed by atoms with van der Waals surface area (Å²) in [6, 6.07) is 7.82. The normalized spacial score (nSPS) is 30.6. The number of piperidine rings is 1. The van der Waals surface area contributed by atoms with E-state index in [1.54, 1.807) is 0 Å². The van der Waals surface area contributed by atoms with Gasteiger partial charge >= 0.3 is 5.97 Å². The number of ether oxygens (including phenoxy) is 1. The van der Waals surface area contributed by atoms with Gasteiger partial charge in [0.1, 0.15) is 5.52 Å². The van der Waals surface area contributed by atoms with Gasteiger partial charge in [-0.1, -0.05) is 12.1 Å². The number of aromatic nitrogens is 1. The van der Waals surface area contributed by atoms with Crippen LogP contribution in [-0.4, -0.2) is 53.3 Å². The highest BCUT2D eigenvalue weighted by molar-refractivity contribution is 5.73. The second-order valence-electron chi connectivity index (χ2n) is 7.18. The Morgan fingerprint density at radius 1 is 1.36 bits per heavy atom. The number of likely N-dealkylation sites (tertiary alicyclic amines) is 1. The van der Waals surface area contributed by atoms with Crippen molar-refractivity contribution in [2.24, 2.45) is 5.92 Å². The van der Waals surface area contributed by atoms with Crippen molar-refractivity contribution in [1.29, 1.82) is 0 Å². The number of benzene rings is 1. The average molecular weight is 344 g/mol. The minimum absolute atomic E-state index is 0.0104. The third-order valence-corrected chi connectivity index (χ3v) is 5.61. The summed E-state index contributed by atoms with van der Waals surface area (Å²) in [5.74, 6) is 0.595. The molecule has 4 atom stereocenters. The van der Waals surface area contributed by atoms with Gasteiger partial charge in [-0.05, 0) is 44.4 Å². The molecule has 2 aliphatic rings. The van der Waals surface area contributed by atoms with Crippen LogP contribution in [0.2, 0.25) is 0 Å². The van der Waals surface area contributed by atoms with Crippen molar-refractivity contribution in [3.05, 3.63) is 30.2 Å². The summed E-state index contributed by atoms with van der Waals surface area (Å²) in [6.45, 7) is 1.74. The minimum Gasteiger partial charge on any atom is -0.469 e. The van der Waals surface area contributed by atoms with E-state index in [-0.39, 0.29) is 23.8 Å². The zero-order valence-corrected chi connectivity index (χ0v) is 14.4. The van der Waals surface area contributed by atoms with Crippen LogP contribution in [0.15, 0.2) is 28.7 Å². The van der Waals surface area contributed by atoms with Crippen LogP contribution in [0.4, 0.5) is 0 Å². The number of esters is 1. The molecule has 1 N–H and O–H groups in total. The maximum absolute atomic E-state index is 11.8. The Hall–Kier alpha value is -1.92. The molecular weight excluding hydrogens is 320 g/mol. The van der Waals surface area contributed by atoms with Crippen molar-refractivity contribution in [2.45, 2.75) is 43.7 Å². The number of hydrogen-bond donors (Lipinski definition) is 1. The van der Waals surface area contributed by atoms with Crippen LogP contribution in [-0.2, 0) is 9.53 Å². The molecule has 1 aliphatic heterocycles. The van der Waals surface area contributed by atoms with Crippen LogP contribution in [0.5, 0.6) is 0 Å². The Morgan fingerprint density at radius 2 is 2.20 bits per heavy atom. The van der Waals surface area contributed by atoms with Gasteiger partial charge in [-0.15, -0.1) is 0 Å². The number of rotatable bonds is 3. The number of hydrogen-bond acceptors (Lipinski definition) is 6. The third kappa shape index (κ3) is 3.16.